The van der Waals surface area contributed by atoms with Gasteiger partial charge in [-0.15, -0.1) is 0 Å². The van der Waals surface area contributed by atoms with Crippen LogP contribution in [0.5, 0.6) is 0 Å². The number of hydrogen-bond acceptors (Lipinski definition) is 7. The van der Waals surface area contributed by atoms with Crippen molar-refractivity contribution < 1.29 is 27.6 Å². The van der Waals surface area contributed by atoms with Crippen molar-refractivity contribution in [1.82, 2.24) is 4.72 Å². The van der Waals surface area contributed by atoms with Crippen molar-refractivity contribution in [2.24, 2.45) is 0 Å². The van der Waals surface area contributed by atoms with Gasteiger partial charge < -0.3 is 9.47 Å². The van der Waals surface area contributed by atoms with Crippen LogP contribution in [0.2, 0.25) is 0 Å². The smallest absolute Gasteiger partial charge is 0.303 e. The number of hydrogen-bond donors (Lipinski definition) is 1. The average molecular weight is 393 g/mol. The summed E-state index contributed by atoms with van der Waals surface area (Å²) in [6.45, 7) is 2.83. The van der Waals surface area contributed by atoms with Crippen LogP contribution in [-0.4, -0.2) is 43.1 Å². The lowest BCUT2D eigenvalue weighted by atomic mass is 10.0. The van der Waals surface area contributed by atoms with E-state index in [9.17, 15) is 23.3 Å². The number of nitrogens with one attached hydrogen (secondary N) is 1. The van der Waals surface area contributed by atoms with Crippen molar-refractivity contribution in [3.05, 3.63) is 34.4 Å². The van der Waals surface area contributed by atoms with Crippen molar-refractivity contribution in [2.75, 3.05) is 0 Å². The zero-order valence-corrected chi connectivity index (χ0v) is 15.0. The fourth-order valence-corrected chi connectivity index (χ4v) is 4.14. The Morgan fingerprint density at radius 2 is 2.00 bits per heavy atom. The highest BCUT2D eigenvalue weighted by Gasteiger charge is 2.40. The SMILES string of the molecule is CC(=O)O[C@H]1[C@@H](NS(=O)(=O)c2ccc([N+](=O)[O-])cc2)CC(Cl)O[C@H]1C. The summed E-state index contributed by atoms with van der Waals surface area (Å²) in [4.78, 5) is 21.2. The molecule has 1 aromatic carbocycles. The van der Waals surface area contributed by atoms with Gasteiger partial charge in [-0.1, -0.05) is 11.6 Å². The fourth-order valence-electron chi connectivity index (χ4n) is 2.53. The number of carbonyl (C=O) groups is 1. The molecule has 2 rings (SSSR count). The number of sulfonamides is 1. The van der Waals surface area contributed by atoms with Gasteiger partial charge in [0.25, 0.3) is 5.69 Å². The number of rotatable bonds is 5. The Morgan fingerprint density at radius 3 is 2.52 bits per heavy atom. The number of alkyl halides is 1. The molecule has 0 aliphatic carbocycles. The lowest BCUT2D eigenvalue weighted by molar-refractivity contribution is -0.384. The molecule has 0 radical (unpaired) electrons. The van der Waals surface area contributed by atoms with Gasteiger partial charge in [-0.2, -0.15) is 0 Å². The van der Waals surface area contributed by atoms with Gasteiger partial charge in [0.1, 0.15) is 11.7 Å². The van der Waals surface area contributed by atoms with Crippen molar-refractivity contribution >= 4 is 33.3 Å². The van der Waals surface area contributed by atoms with Crippen LogP contribution in [-0.2, 0) is 24.3 Å². The summed E-state index contributed by atoms with van der Waals surface area (Å²) in [7, 11) is -4.00. The van der Waals surface area contributed by atoms with Gasteiger partial charge in [-0.3, -0.25) is 14.9 Å². The van der Waals surface area contributed by atoms with E-state index >= 15 is 0 Å². The largest absolute Gasteiger partial charge is 0.458 e. The van der Waals surface area contributed by atoms with Gasteiger partial charge in [0.15, 0.2) is 0 Å². The van der Waals surface area contributed by atoms with E-state index in [-0.39, 0.29) is 17.0 Å². The molecule has 1 aliphatic heterocycles. The normalized spacial score (nSPS) is 26.8. The number of halogens is 1. The monoisotopic (exact) mass is 392 g/mol. The molecule has 4 atom stereocenters. The molecule has 1 fully saturated rings. The number of benzene rings is 1. The number of ether oxygens (including phenoxy) is 2. The zero-order valence-electron chi connectivity index (χ0n) is 13.4. The van der Waals surface area contributed by atoms with Gasteiger partial charge in [0, 0.05) is 25.5 Å². The molecule has 11 heteroatoms. The van der Waals surface area contributed by atoms with Gasteiger partial charge in [0.2, 0.25) is 10.0 Å². The summed E-state index contributed by atoms with van der Waals surface area (Å²) in [6.07, 6.45) is -1.36. The van der Waals surface area contributed by atoms with Gasteiger partial charge >= 0.3 is 5.97 Å². The van der Waals surface area contributed by atoms with Crippen molar-refractivity contribution in [3.63, 3.8) is 0 Å². The summed E-state index contributed by atoms with van der Waals surface area (Å²) in [5.41, 5.74) is -0.969. The molecule has 9 nitrogen and oxygen atoms in total. The maximum Gasteiger partial charge on any atom is 0.303 e. The number of nitrogens with zero attached hydrogens (tertiary/aromatic N) is 1. The second-order valence-corrected chi connectivity index (χ2v) is 7.74. The summed E-state index contributed by atoms with van der Waals surface area (Å²) < 4.78 is 38.0. The fraction of sp³-hybridized carbons (Fsp3) is 0.500. The van der Waals surface area contributed by atoms with Crippen LogP contribution >= 0.6 is 11.6 Å². The summed E-state index contributed by atoms with van der Waals surface area (Å²) in [5, 5.41) is 10.7. The average Bonchev–Trinajstić information content (AvgIpc) is 2.50. The predicted molar refractivity (Wildman–Crippen MR) is 87.6 cm³/mol. The van der Waals surface area contributed by atoms with Crippen LogP contribution < -0.4 is 4.72 Å². The number of nitro groups is 1. The first-order chi connectivity index (χ1) is 11.6. The summed E-state index contributed by atoms with van der Waals surface area (Å²) in [6, 6.07) is 3.64. The molecule has 25 heavy (non-hydrogen) atoms. The van der Waals surface area contributed by atoms with Crippen LogP contribution in [0.25, 0.3) is 0 Å². The predicted octanol–water partition coefficient (Wildman–Crippen LogP) is 1.55. The molecule has 1 heterocycles. The Bertz CT molecular complexity index is 753. The van der Waals surface area contributed by atoms with Crippen LogP contribution in [0, 0.1) is 10.1 Å². The number of esters is 1. The molecule has 1 unspecified atom stereocenters. The maximum absolute atomic E-state index is 12.5. The minimum atomic E-state index is -4.00. The summed E-state index contributed by atoms with van der Waals surface area (Å²) >= 11 is 5.97. The highest BCUT2D eigenvalue weighted by atomic mass is 35.5. The van der Waals surface area contributed by atoms with Gasteiger partial charge in [0.05, 0.1) is 22.0 Å². The van der Waals surface area contributed by atoms with Crippen LogP contribution in [0.4, 0.5) is 5.69 Å². The summed E-state index contributed by atoms with van der Waals surface area (Å²) in [5.74, 6) is -0.576. The van der Waals surface area contributed by atoms with E-state index in [1.54, 1.807) is 6.92 Å². The maximum atomic E-state index is 12.5. The van der Waals surface area contributed by atoms with E-state index in [0.717, 1.165) is 24.3 Å². The molecule has 0 spiro atoms. The Morgan fingerprint density at radius 1 is 1.40 bits per heavy atom. The minimum Gasteiger partial charge on any atom is -0.458 e. The molecule has 0 saturated carbocycles. The Labute approximate surface area is 149 Å². The van der Waals surface area contributed by atoms with E-state index in [0.29, 0.717) is 0 Å². The minimum absolute atomic E-state index is 0.0933. The van der Waals surface area contributed by atoms with Crippen LogP contribution in [0.1, 0.15) is 20.3 Å². The lowest BCUT2D eigenvalue weighted by Crippen LogP contribution is -2.55. The van der Waals surface area contributed by atoms with E-state index in [4.69, 9.17) is 21.1 Å². The third kappa shape index (κ3) is 4.88. The van der Waals surface area contributed by atoms with Crippen LogP contribution in [0.15, 0.2) is 29.2 Å². The Balaban J connectivity index is 2.23. The van der Waals surface area contributed by atoms with E-state index in [1.807, 2.05) is 0 Å². The van der Waals surface area contributed by atoms with Crippen molar-refractivity contribution in [2.45, 2.75) is 49.0 Å². The Kier molecular flexibility index (Phi) is 5.99. The standard InChI is InChI=1S/C14H17ClN2O7S/c1-8-14(24-9(2)18)12(7-13(15)23-8)16-25(21,22)11-5-3-10(4-6-11)17(19)20/h3-6,8,12-14,16H,7H2,1-2H3/t8-,12-,13?,14+/m0/s1. The van der Waals surface area contributed by atoms with Crippen LogP contribution in [0.3, 0.4) is 0 Å². The highest BCUT2D eigenvalue weighted by Crippen LogP contribution is 2.26. The quantitative estimate of drug-likeness (QED) is 0.348. The van der Waals surface area contributed by atoms with Crippen molar-refractivity contribution in [1.29, 1.82) is 0 Å². The Hall–Kier alpha value is -1.75. The molecule has 1 aliphatic rings. The topological polar surface area (TPSA) is 125 Å². The zero-order chi connectivity index (χ0) is 18.8. The number of nitro benzene ring substituents is 1. The van der Waals surface area contributed by atoms with E-state index in [2.05, 4.69) is 4.72 Å². The molecular weight excluding hydrogens is 376 g/mol. The molecule has 138 valence electrons. The van der Waals surface area contributed by atoms with E-state index in [1.165, 1.54) is 6.92 Å². The molecule has 0 amide bonds. The first-order valence-electron chi connectivity index (χ1n) is 7.33. The number of non-ortho nitro benzene ring substituents is 1. The van der Waals surface area contributed by atoms with Gasteiger partial charge in [-0.05, 0) is 19.1 Å². The molecule has 1 aromatic rings. The molecule has 1 saturated heterocycles. The first kappa shape index (κ1) is 19.6. The molecular formula is C14H17ClN2O7S. The van der Waals surface area contributed by atoms with E-state index < -0.39 is 44.7 Å². The number of carbonyl (C=O) groups excluding carboxylic acids is 1. The molecule has 0 aromatic heterocycles. The third-order valence-corrected chi connectivity index (χ3v) is 5.41. The highest BCUT2D eigenvalue weighted by molar-refractivity contribution is 7.89. The van der Waals surface area contributed by atoms with Crippen molar-refractivity contribution in [3.8, 4) is 0 Å². The first-order valence-corrected chi connectivity index (χ1v) is 9.25. The second-order valence-electron chi connectivity index (χ2n) is 5.54. The molecule has 1 N–H and O–H groups in total. The third-order valence-electron chi connectivity index (χ3n) is 3.63. The second kappa shape index (κ2) is 7.65. The van der Waals surface area contributed by atoms with Gasteiger partial charge in [-0.25, -0.2) is 13.1 Å². The lowest BCUT2D eigenvalue weighted by Gasteiger charge is -2.38. The molecule has 0 bridgehead atoms.